The van der Waals surface area contributed by atoms with Gasteiger partial charge in [-0.1, -0.05) is 96.0 Å². The van der Waals surface area contributed by atoms with Gasteiger partial charge in [-0.3, -0.25) is 19.3 Å². The van der Waals surface area contributed by atoms with Crippen LogP contribution in [-0.2, 0) is 17.8 Å². The molecular formula is C42H39Cl2N3O4. The lowest BCUT2D eigenvalue weighted by Crippen LogP contribution is -2.48. The molecule has 0 N–H and O–H groups in total. The number of nitrogens with zero attached hydrogens (tertiary/aromatic N) is 3. The number of carbonyl (C=O) groups is 3. The van der Waals surface area contributed by atoms with E-state index in [9.17, 15) is 14.4 Å². The highest BCUT2D eigenvalue weighted by atomic mass is 35.5. The number of hydrogen-bond donors (Lipinski definition) is 0. The van der Waals surface area contributed by atoms with Crippen molar-refractivity contribution in [1.82, 2.24) is 14.4 Å². The van der Waals surface area contributed by atoms with Crippen molar-refractivity contribution in [1.29, 1.82) is 0 Å². The van der Waals surface area contributed by atoms with Gasteiger partial charge >= 0.3 is 0 Å². The van der Waals surface area contributed by atoms with Crippen molar-refractivity contribution in [3.8, 4) is 5.88 Å². The summed E-state index contributed by atoms with van der Waals surface area (Å²) in [5.41, 5.74) is 6.67. The number of halogens is 2. The predicted molar refractivity (Wildman–Crippen MR) is 203 cm³/mol. The highest BCUT2D eigenvalue weighted by Gasteiger charge is 2.39. The van der Waals surface area contributed by atoms with Gasteiger partial charge < -0.3 is 14.2 Å². The van der Waals surface area contributed by atoms with Crippen LogP contribution in [0.4, 0.5) is 0 Å². The number of Topliss-reactive ketones (excluding diaryl/α,β-unsaturated/α-hetero) is 2. The molecule has 1 amide bonds. The second-order valence-corrected chi connectivity index (χ2v) is 14.2. The molecule has 2 aliphatic rings. The minimum absolute atomic E-state index is 0.0656. The van der Waals surface area contributed by atoms with Crippen molar-refractivity contribution >= 4 is 57.2 Å². The number of methoxy groups -OCH3 is 1. The number of fused-ring (bicyclic) bond motifs is 2. The number of amides is 1. The summed E-state index contributed by atoms with van der Waals surface area (Å²) in [4.78, 5) is 44.9. The van der Waals surface area contributed by atoms with Crippen LogP contribution in [0, 0.1) is 5.92 Å². The Kier molecular flexibility index (Phi) is 10.1. The second-order valence-electron chi connectivity index (χ2n) is 13.3. The van der Waals surface area contributed by atoms with Crippen LogP contribution in [0.15, 0.2) is 103 Å². The van der Waals surface area contributed by atoms with Gasteiger partial charge in [0.05, 0.1) is 25.1 Å². The lowest BCUT2D eigenvalue weighted by Gasteiger charge is -2.40. The molecule has 0 radical (unpaired) electrons. The molecular weight excluding hydrogens is 681 g/mol. The lowest BCUT2D eigenvalue weighted by atomic mass is 9.79. The SMILES string of the molecule is COc1c2c3c(cccc3n1Cc1ccccc1)C1=C[C@@H](C(=O)N(CCC(=O)c3cccc(Cl)c3)CCC(=O)c3cccc(Cl)c3)CN(C)[C@@H]1C2. The molecule has 4 aromatic carbocycles. The number of rotatable bonds is 12. The van der Waals surface area contributed by atoms with E-state index in [1.165, 1.54) is 11.1 Å². The fourth-order valence-electron chi connectivity index (χ4n) is 7.63. The molecule has 51 heavy (non-hydrogen) atoms. The van der Waals surface area contributed by atoms with Crippen molar-refractivity contribution in [2.75, 3.05) is 33.8 Å². The third-order valence-corrected chi connectivity index (χ3v) is 10.6. The molecule has 0 fully saturated rings. The highest BCUT2D eigenvalue weighted by Crippen LogP contribution is 2.46. The van der Waals surface area contributed by atoms with Gasteiger partial charge in [0.2, 0.25) is 5.91 Å². The van der Waals surface area contributed by atoms with Crippen molar-refractivity contribution in [3.63, 3.8) is 0 Å². The summed E-state index contributed by atoms with van der Waals surface area (Å²) in [7, 11) is 3.80. The summed E-state index contributed by atoms with van der Waals surface area (Å²) in [5.74, 6) is 0.0655. The van der Waals surface area contributed by atoms with Crippen LogP contribution in [0.2, 0.25) is 10.0 Å². The zero-order valence-electron chi connectivity index (χ0n) is 28.6. The quantitative estimate of drug-likeness (QED) is 0.122. The Morgan fingerprint density at radius 2 is 1.45 bits per heavy atom. The van der Waals surface area contributed by atoms with Gasteiger partial charge in [-0.15, -0.1) is 0 Å². The van der Waals surface area contributed by atoms with Crippen molar-refractivity contribution in [3.05, 3.63) is 141 Å². The minimum atomic E-state index is -0.464. The van der Waals surface area contributed by atoms with Gasteiger partial charge in [0, 0.05) is 70.6 Å². The summed E-state index contributed by atoms with van der Waals surface area (Å²) in [5, 5.41) is 2.11. The Bertz CT molecular complexity index is 2100. The van der Waals surface area contributed by atoms with Crippen LogP contribution in [-0.4, -0.2) is 71.7 Å². The van der Waals surface area contributed by atoms with E-state index in [0.29, 0.717) is 34.3 Å². The van der Waals surface area contributed by atoms with E-state index in [1.54, 1.807) is 60.5 Å². The summed E-state index contributed by atoms with van der Waals surface area (Å²) in [6, 6.07) is 30.4. The van der Waals surface area contributed by atoms with Gasteiger partial charge in [-0.2, -0.15) is 0 Å². The van der Waals surface area contributed by atoms with Crippen LogP contribution in [0.5, 0.6) is 5.88 Å². The third kappa shape index (κ3) is 7.11. The fraction of sp³-hybridized carbons (Fsp3) is 0.262. The first-order valence-corrected chi connectivity index (χ1v) is 18.0. The first kappa shape index (κ1) is 34.7. The molecule has 260 valence electrons. The summed E-state index contributed by atoms with van der Waals surface area (Å²) in [6.45, 7) is 1.55. The predicted octanol–water partition coefficient (Wildman–Crippen LogP) is 8.25. The molecule has 1 aromatic heterocycles. The van der Waals surface area contributed by atoms with Gasteiger partial charge in [-0.25, -0.2) is 0 Å². The first-order chi connectivity index (χ1) is 24.7. The molecule has 1 aliphatic heterocycles. The maximum absolute atomic E-state index is 14.5. The van der Waals surface area contributed by atoms with E-state index in [-0.39, 0.29) is 49.4 Å². The average Bonchev–Trinajstić information content (AvgIpc) is 3.44. The van der Waals surface area contributed by atoms with Gasteiger partial charge in [0.15, 0.2) is 17.4 Å². The van der Waals surface area contributed by atoms with Gasteiger partial charge in [0.25, 0.3) is 0 Å². The number of likely N-dealkylation sites (N-methyl/N-ethyl adjacent to an activating group) is 1. The van der Waals surface area contributed by atoms with E-state index >= 15 is 0 Å². The normalized spacial score (nSPS) is 16.7. The molecule has 2 atom stereocenters. The second kappa shape index (κ2) is 14.9. The number of carbonyl (C=O) groups excluding carboxylic acids is 3. The zero-order valence-corrected chi connectivity index (χ0v) is 30.2. The molecule has 0 bridgehead atoms. The molecule has 5 aromatic rings. The van der Waals surface area contributed by atoms with Crippen molar-refractivity contribution in [2.45, 2.75) is 31.8 Å². The smallest absolute Gasteiger partial charge is 0.230 e. The highest BCUT2D eigenvalue weighted by molar-refractivity contribution is 6.31. The number of ketones is 2. The van der Waals surface area contributed by atoms with Crippen LogP contribution in [0.1, 0.15) is 50.2 Å². The molecule has 7 nitrogen and oxygen atoms in total. The Balaban J connectivity index is 1.20. The number of ether oxygens (including phenoxy) is 1. The molecule has 0 saturated carbocycles. The summed E-state index contributed by atoms with van der Waals surface area (Å²) >= 11 is 12.3. The first-order valence-electron chi connectivity index (χ1n) is 17.2. The largest absolute Gasteiger partial charge is 0.482 e. The van der Waals surface area contributed by atoms with E-state index in [2.05, 4.69) is 52.9 Å². The van der Waals surface area contributed by atoms with Crippen LogP contribution in [0.25, 0.3) is 16.5 Å². The van der Waals surface area contributed by atoms with Gasteiger partial charge in [0.1, 0.15) is 0 Å². The number of hydrogen-bond acceptors (Lipinski definition) is 5. The van der Waals surface area contributed by atoms with E-state index in [0.717, 1.165) is 34.3 Å². The zero-order chi connectivity index (χ0) is 35.6. The van der Waals surface area contributed by atoms with E-state index < -0.39 is 5.92 Å². The summed E-state index contributed by atoms with van der Waals surface area (Å²) < 4.78 is 8.33. The van der Waals surface area contributed by atoms with Gasteiger partial charge in [-0.05, 0) is 60.5 Å². The number of benzene rings is 4. The molecule has 2 heterocycles. The van der Waals surface area contributed by atoms with Crippen LogP contribution < -0.4 is 4.74 Å². The Morgan fingerprint density at radius 1 is 0.824 bits per heavy atom. The van der Waals surface area contributed by atoms with Crippen LogP contribution in [0.3, 0.4) is 0 Å². The molecule has 0 spiro atoms. The third-order valence-electron chi connectivity index (χ3n) is 10.1. The minimum Gasteiger partial charge on any atom is -0.482 e. The monoisotopic (exact) mass is 719 g/mol. The molecule has 9 heteroatoms. The fourth-order valence-corrected chi connectivity index (χ4v) is 8.01. The Morgan fingerprint density at radius 3 is 2.06 bits per heavy atom. The maximum Gasteiger partial charge on any atom is 0.230 e. The van der Waals surface area contributed by atoms with E-state index in [4.69, 9.17) is 27.9 Å². The maximum atomic E-state index is 14.5. The van der Waals surface area contributed by atoms with Crippen molar-refractivity contribution in [2.24, 2.45) is 5.92 Å². The molecule has 1 aliphatic carbocycles. The lowest BCUT2D eigenvalue weighted by molar-refractivity contribution is -0.134. The molecule has 7 rings (SSSR count). The molecule has 0 unspecified atom stereocenters. The molecule has 0 saturated heterocycles. The Hall–Kier alpha value is -4.69. The van der Waals surface area contributed by atoms with E-state index in [1.807, 2.05) is 18.2 Å². The topological polar surface area (TPSA) is 71.8 Å². The van der Waals surface area contributed by atoms with Crippen LogP contribution >= 0.6 is 23.2 Å². The Labute approximate surface area is 308 Å². The summed E-state index contributed by atoms with van der Waals surface area (Å²) in [6.07, 6.45) is 3.09. The van der Waals surface area contributed by atoms with Crippen molar-refractivity contribution < 1.29 is 19.1 Å². The number of aromatic nitrogens is 1. The average molecular weight is 721 g/mol. The standard InChI is InChI=1S/C42H39Cl2N3O4/c1-45-26-30(23-34-33-15-8-16-36-40(33)35(24-37(34)45)42(51-2)47(36)25-27-9-4-3-5-10-27)41(50)46(19-17-38(48)28-11-6-13-31(43)21-28)20-18-39(49)29-12-7-14-32(44)22-29/h3-16,21-23,30,37H,17-20,24-26H2,1-2H3/t30-,37-/m1/s1.